The third kappa shape index (κ3) is 3.55. The first-order valence-corrected chi connectivity index (χ1v) is 8.02. The Labute approximate surface area is 141 Å². The maximum atomic E-state index is 11.9. The van der Waals surface area contributed by atoms with Crippen LogP contribution in [-0.4, -0.2) is 23.0 Å². The largest absolute Gasteiger partial charge is 0.496 e. The van der Waals surface area contributed by atoms with E-state index in [0.717, 1.165) is 16.3 Å². The lowest BCUT2D eigenvalue weighted by Gasteiger charge is -2.04. The molecule has 0 fully saturated rings. The summed E-state index contributed by atoms with van der Waals surface area (Å²) in [6.07, 6.45) is 1.53. The van der Waals surface area contributed by atoms with Crippen molar-refractivity contribution in [3.05, 3.63) is 58.3 Å². The van der Waals surface area contributed by atoms with Crippen LogP contribution in [0.2, 0.25) is 5.02 Å². The fourth-order valence-electron chi connectivity index (χ4n) is 2.02. The molecule has 0 bridgehead atoms. The summed E-state index contributed by atoms with van der Waals surface area (Å²) in [5.41, 5.74) is 1.91. The molecule has 5 nitrogen and oxygen atoms in total. The maximum Gasteiger partial charge on any atom is 0.355 e. The van der Waals surface area contributed by atoms with Crippen molar-refractivity contribution in [2.24, 2.45) is 0 Å². The van der Waals surface area contributed by atoms with Crippen LogP contribution in [0.4, 0.5) is 0 Å². The van der Waals surface area contributed by atoms with Gasteiger partial charge < -0.3 is 14.5 Å². The summed E-state index contributed by atoms with van der Waals surface area (Å²) in [7, 11) is 1.62. The van der Waals surface area contributed by atoms with E-state index in [-0.39, 0.29) is 6.61 Å². The summed E-state index contributed by atoms with van der Waals surface area (Å²) in [5, 5.41) is 3.14. The molecule has 23 heavy (non-hydrogen) atoms. The van der Waals surface area contributed by atoms with E-state index < -0.39 is 5.97 Å². The molecular formula is C16H13ClN2O3S. The lowest BCUT2D eigenvalue weighted by Crippen LogP contribution is -2.05. The lowest BCUT2D eigenvalue weighted by molar-refractivity contribution is 0.0462. The molecule has 3 aromatic rings. The van der Waals surface area contributed by atoms with Gasteiger partial charge in [0.15, 0.2) is 0 Å². The van der Waals surface area contributed by atoms with Crippen LogP contribution in [0, 0.1) is 0 Å². The second kappa shape index (κ2) is 6.85. The molecule has 0 aliphatic carbocycles. The highest BCUT2D eigenvalue weighted by molar-refractivity contribution is 7.13. The van der Waals surface area contributed by atoms with Gasteiger partial charge in [-0.05, 0) is 18.2 Å². The number of H-pyrrole nitrogens is 1. The number of hydrogen-bond donors (Lipinski definition) is 1. The van der Waals surface area contributed by atoms with Crippen molar-refractivity contribution >= 4 is 28.9 Å². The molecule has 2 aromatic heterocycles. The first-order valence-electron chi connectivity index (χ1n) is 6.76. The normalized spacial score (nSPS) is 10.5. The first kappa shape index (κ1) is 15.6. The molecule has 0 spiro atoms. The molecule has 0 unspecified atom stereocenters. The van der Waals surface area contributed by atoms with Gasteiger partial charge in [0, 0.05) is 11.6 Å². The Kier molecular flexibility index (Phi) is 4.64. The van der Waals surface area contributed by atoms with Crippen molar-refractivity contribution in [1.82, 2.24) is 9.97 Å². The zero-order chi connectivity index (χ0) is 16.2. The number of para-hydroxylation sites is 1. The maximum absolute atomic E-state index is 11.9. The van der Waals surface area contributed by atoms with E-state index in [2.05, 4.69) is 9.97 Å². The molecule has 0 atom stereocenters. The van der Waals surface area contributed by atoms with E-state index in [1.54, 1.807) is 7.11 Å². The van der Waals surface area contributed by atoms with Crippen LogP contribution in [0.3, 0.4) is 0 Å². The molecule has 1 N–H and O–H groups in total. The van der Waals surface area contributed by atoms with Crippen molar-refractivity contribution in [1.29, 1.82) is 0 Å². The Morgan fingerprint density at radius 2 is 2.22 bits per heavy atom. The summed E-state index contributed by atoms with van der Waals surface area (Å²) < 4.78 is 10.5. The van der Waals surface area contributed by atoms with E-state index in [0.29, 0.717) is 16.4 Å². The van der Waals surface area contributed by atoms with Crippen molar-refractivity contribution in [3.63, 3.8) is 0 Å². The van der Waals surface area contributed by atoms with Gasteiger partial charge in [0.25, 0.3) is 0 Å². The monoisotopic (exact) mass is 348 g/mol. The predicted octanol–water partition coefficient (Wildman–Crippen LogP) is 4.16. The molecule has 3 rings (SSSR count). The number of hydrogen-bond acceptors (Lipinski definition) is 5. The minimum absolute atomic E-state index is 0.0983. The van der Waals surface area contributed by atoms with Gasteiger partial charge in [0.05, 0.1) is 23.4 Å². The number of esters is 1. The van der Waals surface area contributed by atoms with Crippen LogP contribution in [0.5, 0.6) is 5.75 Å². The van der Waals surface area contributed by atoms with E-state index >= 15 is 0 Å². The third-order valence-electron chi connectivity index (χ3n) is 3.11. The zero-order valence-electron chi connectivity index (χ0n) is 12.2. The highest BCUT2D eigenvalue weighted by atomic mass is 35.5. The van der Waals surface area contributed by atoms with Crippen LogP contribution in [0.25, 0.3) is 10.6 Å². The number of rotatable bonds is 5. The fourth-order valence-corrected chi connectivity index (χ4v) is 3.02. The second-order valence-corrected chi connectivity index (χ2v) is 5.95. The molecule has 118 valence electrons. The van der Waals surface area contributed by atoms with Gasteiger partial charge in [-0.25, -0.2) is 9.78 Å². The summed E-state index contributed by atoms with van der Waals surface area (Å²) >= 11 is 7.23. The highest BCUT2D eigenvalue weighted by Gasteiger charge is 2.13. The van der Waals surface area contributed by atoms with Gasteiger partial charge in [-0.3, -0.25) is 0 Å². The first-order chi connectivity index (χ1) is 11.2. The molecule has 0 saturated heterocycles. The van der Waals surface area contributed by atoms with Crippen molar-refractivity contribution in [2.75, 3.05) is 7.11 Å². The van der Waals surface area contributed by atoms with Gasteiger partial charge in [-0.15, -0.1) is 11.3 Å². The number of thiazole rings is 1. The highest BCUT2D eigenvalue weighted by Crippen LogP contribution is 2.32. The summed E-state index contributed by atoms with van der Waals surface area (Å²) in [6, 6.07) is 9.17. The minimum atomic E-state index is -0.469. The van der Waals surface area contributed by atoms with Crippen molar-refractivity contribution in [3.8, 4) is 16.3 Å². The number of ether oxygens (including phenoxy) is 2. The quantitative estimate of drug-likeness (QED) is 0.703. The van der Waals surface area contributed by atoms with Gasteiger partial charge in [0.2, 0.25) is 0 Å². The van der Waals surface area contributed by atoms with Gasteiger partial charge >= 0.3 is 5.97 Å². The second-order valence-electron chi connectivity index (χ2n) is 4.65. The van der Waals surface area contributed by atoms with Crippen molar-refractivity contribution in [2.45, 2.75) is 6.61 Å². The number of halogens is 1. The van der Waals surface area contributed by atoms with Crippen LogP contribution >= 0.6 is 22.9 Å². The standard InChI is InChI=1S/C16H13ClN2O3S/c1-21-14-5-3-2-4-12(14)15-19-11(9-23-15)8-22-16(20)13-6-10(17)7-18-13/h2-7,9,18H,8H2,1H3. The average molecular weight is 349 g/mol. The van der Waals surface area contributed by atoms with Gasteiger partial charge in [0.1, 0.15) is 23.1 Å². The Bertz CT molecular complexity index is 828. The fraction of sp³-hybridized carbons (Fsp3) is 0.125. The number of nitrogens with one attached hydrogen (secondary N) is 1. The molecule has 1 aromatic carbocycles. The SMILES string of the molecule is COc1ccccc1-c1nc(COC(=O)c2cc(Cl)c[nH]2)cs1. The molecule has 7 heteroatoms. The summed E-state index contributed by atoms with van der Waals surface area (Å²) in [4.78, 5) is 19.1. The summed E-state index contributed by atoms with van der Waals surface area (Å²) in [5.74, 6) is 0.287. The summed E-state index contributed by atoms with van der Waals surface area (Å²) in [6.45, 7) is 0.0983. The van der Waals surface area contributed by atoms with Crippen LogP contribution < -0.4 is 4.74 Å². The average Bonchev–Trinajstić information content (AvgIpc) is 3.21. The number of carbonyl (C=O) groups excluding carboxylic acids is 1. The third-order valence-corrected chi connectivity index (χ3v) is 4.25. The Morgan fingerprint density at radius 3 is 2.96 bits per heavy atom. The lowest BCUT2D eigenvalue weighted by atomic mass is 10.2. The van der Waals surface area contributed by atoms with E-state index in [1.165, 1.54) is 23.6 Å². The van der Waals surface area contributed by atoms with Crippen molar-refractivity contribution < 1.29 is 14.3 Å². The topological polar surface area (TPSA) is 64.2 Å². The Balaban J connectivity index is 1.69. The number of nitrogens with zero attached hydrogens (tertiary/aromatic N) is 1. The molecule has 0 radical (unpaired) electrons. The number of benzene rings is 1. The van der Waals surface area contributed by atoms with Gasteiger partial charge in [-0.2, -0.15) is 0 Å². The number of aromatic amines is 1. The smallest absolute Gasteiger partial charge is 0.355 e. The predicted molar refractivity (Wildman–Crippen MR) is 89.0 cm³/mol. The van der Waals surface area contributed by atoms with Crippen LogP contribution in [0.1, 0.15) is 16.2 Å². The van der Waals surface area contributed by atoms with Crippen LogP contribution in [0.15, 0.2) is 41.9 Å². The molecule has 0 aliphatic heterocycles. The van der Waals surface area contributed by atoms with E-state index in [4.69, 9.17) is 21.1 Å². The molecule has 0 amide bonds. The zero-order valence-corrected chi connectivity index (χ0v) is 13.8. The number of aromatic nitrogens is 2. The molecular weight excluding hydrogens is 336 g/mol. The Morgan fingerprint density at radius 1 is 1.39 bits per heavy atom. The Hall–Kier alpha value is -2.31. The van der Waals surface area contributed by atoms with E-state index in [9.17, 15) is 4.79 Å². The number of methoxy groups -OCH3 is 1. The molecule has 2 heterocycles. The van der Waals surface area contributed by atoms with Crippen LogP contribution in [-0.2, 0) is 11.3 Å². The van der Waals surface area contributed by atoms with Gasteiger partial charge in [-0.1, -0.05) is 23.7 Å². The molecule has 0 aliphatic rings. The minimum Gasteiger partial charge on any atom is -0.496 e. The molecule has 0 saturated carbocycles. The number of carbonyl (C=O) groups is 1. The van der Waals surface area contributed by atoms with E-state index in [1.807, 2.05) is 29.6 Å².